The number of ether oxygens (including phenoxy) is 1. The average molecular weight is 361 g/mol. The second-order valence-electron chi connectivity index (χ2n) is 5.97. The van der Waals surface area contributed by atoms with Crippen molar-refractivity contribution in [3.63, 3.8) is 0 Å². The number of fused-ring (bicyclic) bond motifs is 1. The summed E-state index contributed by atoms with van der Waals surface area (Å²) in [7, 11) is 1.53. The highest BCUT2D eigenvalue weighted by Crippen LogP contribution is 2.22. The van der Waals surface area contributed by atoms with E-state index in [0.29, 0.717) is 33.9 Å². The van der Waals surface area contributed by atoms with E-state index in [4.69, 9.17) is 4.74 Å². The van der Waals surface area contributed by atoms with Crippen molar-refractivity contribution >= 4 is 17.2 Å². The molecule has 0 aliphatic carbocycles. The Morgan fingerprint density at radius 1 is 1.07 bits per heavy atom. The Balaban J connectivity index is 1.63. The molecule has 0 atom stereocenters. The number of hydrogen-bond acceptors (Lipinski definition) is 3. The maximum Gasteiger partial charge on any atom is 0.259 e. The van der Waals surface area contributed by atoms with Crippen LogP contribution in [0.15, 0.2) is 73.1 Å². The standard InChI is InChI=1S/C21H16FN3O2/c1-27-19-8-3-2-7-17(19)21(26)23-16-9-10-20-24-18(13-25(20)12-16)14-5-4-6-15(22)11-14/h2-13H,1H3,(H,23,26). The van der Waals surface area contributed by atoms with Gasteiger partial charge in [-0.2, -0.15) is 0 Å². The Morgan fingerprint density at radius 2 is 1.93 bits per heavy atom. The molecule has 134 valence electrons. The first-order chi connectivity index (χ1) is 13.1. The zero-order valence-electron chi connectivity index (χ0n) is 14.5. The fraction of sp³-hybridized carbons (Fsp3) is 0.0476. The van der Waals surface area contributed by atoms with Crippen LogP contribution in [-0.4, -0.2) is 22.4 Å². The molecule has 2 heterocycles. The average Bonchev–Trinajstić information content (AvgIpc) is 3.11. The molecule has 6 heteroatoms. The van der Waals surface area contributed by atoms with Gasteiger partial charge in [0.1, 0.15) is 17.2 Å². The molecular formula is C21H16FN3O2. The van der Waals surface area contributed by atoms with Crippen LogP contribution in [0.3, 0.4) is 0 Å². The first-order valence-electron chi connectivity index (χ1n) is 8.33. The molecule has 0 aliphatic rings. The van der Waals surface area contributed by atoms with Gasteiger partial charge >= 0.3 is 0 Å². The van der Waals surface area contributed by atoms with E-state index in [9.17, 15) is 9.18 Å². The lowest BCUT2D eigenvalue weighted by molar-refractivity contribution is 0.102. The lowest BCUT2D eigenvalue weighted by Crippen LogP contribution is -2.13. The highest BCUT2D eigenvalue weighted by atomic mass is 19.1. The Labute approximate surface area is 155 Å². The molecule has 2 aromatic heterocycles. The molecule has 0 saturated carbocycles. The normalized spacial score (nSPS) is 10.7. The minimum Gasteiger partial charge on any atom is -0.496 e. The van der Waals surface area contributed by atoms with Crippen LogP contribution < -0.4 is 10.1 Å². The van der Waals surface area contributed by atoms with Gasteiger partial charge in [-0.15, -0.1) is 0 Å². The molecule has 0 saturated heterocycles. The number of carbonyl (C=O) groups excluding carboxylic acids is 1. The van der Waals surface area contributed by atoms with Crippen LogP contribution in [0.4, 0.5) is 10.1 Å². The Bertz CT molecular complexity index is 1140. The predicted molar refractivity (Wildman–Crippen MR) is 102 cm³/mol. The van der Waals surface area contributed by atoms with E-state index in [1.165, 1.54) is 19.2 Å². The fourth-order valence-corrected chi connectivity index (χ4v) is 2.88. The first kappa shape index (κ1) is 16.8. The van der Waals surface area contributed by atoms with E-state index in [1.807, 2.05) is 0 Å². The van der Waals surface area contributed by atoms with Crippen molar-refractivity contribution in [3.05, 3.63) is 84.4 Å². The van der Waals surface area contributed by atoms with Crippen LogP contribution in [0, 0.1) is 5.82 Å². The number of methoxy groups -OCH3 is 1. The number of imidazole rings is 1. The first-order valence-corrected chi connectivity index (χ1v) is 8.33. The van der Waals surface area contributed by atoms with Crippen molar-refractivity contribution < 1.29 is 13.9 Å². The predicted octanol–water partition coefficient (Wildman–Crippen LogP) is 4.40. The van der Waals surface area contributed by atoms with Crippen LogP contribution in [0.1, 0.15) is 10.4 Å². The molecule has 4 rings (SSSR count). The van der Waals surface area contributed by atoms with E-state index in [2.05, 4.69) is 10.3 Å². The summed E-state index contributed by atoms with van der Waals surface area (Å²) in [5.41, 5.74) is 3.11. The molecule has 0 unspecified atom stereocenters. The van der Waals surface area contributed by atoms with Crippen molar-refractivity contribution in [1.29, 1.82) is 0 Å². The number of carbonyl (C=O) groups is 1. The molecule has 1 amide bonds. The minimum absolute atomic E-state index is 0.266. The molecule has 0 aliphatic heterocycles. The third-order valence-electron chi connectivity index (χ3n) is 4.18. The van der Waals surface area contributed by atoms with Gasteiger partial charge in [-0.05, 0) is 36.4 Å². The van der Waals surface area contributed by atoms with Gasteiger partial charge in [0.25, 0.3) is 5.91 Å². The Morgan fingerprint density at radius 3 is 2.74 bits per heavy atom. The summed E-state index contributed by atoms with van der Waals surface area (Å²) in [6, 6.07) is 16.9. The quantitative estimate of drug-likeness (QED) is 0.586. The molecule has 5 nitrogen and oxygen atoms in total. The van der Waals surface area contributed by atoms with Crippen molar-refractivity contribution in [3.8, 4) is 17.0 Å². The van der Waals surface area contributed by atoms with Crippen molar-refractivity contribution in [2.75, 3.05) is 12.4 Å². The number of benzene rings is 2. The van der Waals surface area contributed by atoms with Crippen LogP contribution >= 0.6 is 0 Å². The highest BCUT2D eigenvalue weighted by Gasteiger charge is 2.12. The zero-order chi connectivity index (χ0) is 18.8. The number of halogens is 1. The number of rotatable bonds is 4. The van der Waals surface area contributed by atoms with Crippen molar-refractivity contribution in [2.24, 2.45) is 0 Å². The Kier molecular flexibility index (Phi) is 4.30. The topological polar surface area (TPSA) is 55.6 Å². The summed E-state index contributed by atoms with van der Waals surface area (Å²) in [6.07, 6.45) is 3.56. The lowest BCUT2D eigenvalue weighted by Gasteiger charge is -2.09. The van der Waals surface area contributed by atoms with Gasteiger partial charge in [0.2, 0.25) is 0 Å². The summed E-state index contributed by atoms with van der Waals surface area (Å²) in [5.74, 6) is -0.0707. The van der Waals surface area contributed by atoms with E-state index >= 15 is 0 Å². The number of anilines is 1. The number of amides is 1. The van der Waals surface area contributed by atoms with Crippen LogP contribution in [0.2, 0.25) is 0 Å². The number of nitrogens with zero attached hydrogens (tertiary/aromatic N) is 2. The van der Waals surface area contributed by atoms with Gasteiger partial charge in [-0.25, -0.2) is 9.37 Å². The monoisotopic (exact) mass is 361 g/mol. The molecule has 0 fully saturated rings. The van der Waals surface area contributed by atoms with E-state index in [1.54, 1.807) is 65.3 Å². The van der Waals surface area contributed by atoms with Gasteiger partial charge < -0.3 is 14.5 Å². The lowest BCUT2D eigenvalue weighted by atomic mass is 10.2. The van der Waals surface area contributed by atoms with Gasteiger partial charge in [0.15, 0.2) is 0 Å². The molecule has 4 aromatic rings. The van der Waals surface area contributed by atoms with Gasteiger partial charge in [-0.1, -0.05) is 24.3 Å². The van der Waals surface area contributed by atoms with Gasteiger partial charge in [0.05, 0.1) is 24.1 Å². The summed E-state index contributed by atoms with van der Waals surface area (Å²) in [4.78, 5) is 17.0. The maximum atomic E-state index is 13.4. The molecular weight excluding hydrogens is 345 g/mol. The van der Waals surface area contributed by atoms with E-state index in [0.717, 1.165) is 0 Å². The van der Waals surface area contributed by atoms with Crippen molar-refractivity contribution in [2.45, 2.75) is 0 Å². The third kappa shape index (κ3) is 3.37. The van der Waals surface area contributed by atoms with Crippen LogP contribution in [0.5, 0.6) is 5.75 Å². The minimum atomic E-state index is -0.311. The second-order valence-corrected chi connectivity index (χ2v) is 5.97. The Hall–Kier alpha value is -3.67. The zero-order valence-corrected chi connectivity index (χ0v) is 14.5. The third-order valence-corrected chi connectivity index (χ3v) is 4.18. The summed E-state index contributed by atoms with van der Waals surface area (Å²) < 4.78 is 20.5. The highest BCUT2D eigenvalue weighted by molar-refractivity contribution is 6.06. The molecule has 0 spiro atoms. The van der Waals surface area contributed by atoms with Crippen LogP contribution in [-0.2, 0) is 0 Å². The number of aromatic nitrogens is 2. The SMILES string of the molecule is COc1ccccc1C(=O)Nc1ccc2nc(-c3cccc(F)c3)cn2c1. The number of pyridine rings is 1. The van der Waals surface area contributed by atoms with Gasteiger partial charge in [-0.3, -0.25) is 4.79 Å². The smallest absolute Gasteiger partial charge is 0.259 e. The molecule has 27 heavy (non-hydrogen) atoms. The number of nitrogens with one attached hydrogen (secondary N) is 1. The number of hydrogen-bond donors (Lipinski definition) is 1. The molecule has 0 radical (unpaired) electrons. The molecule has 1 N–H and O–H groups in total. The number of para-hydroxylation sites is 1. The van der Waals surface area contributed by atoms with E-state index < -0.39 is 0 Å². The largest absolute Gasteiger partial charge is 0.496 e. The second kappa shape index (κ2) is 6.92. The fourth-order valence-electron chi connectivity index (χ4n) is 2.88. The van der Waals surface area contributed by atoms with Gasteiger partial charge in [0, 0.05) is 18.0 Å². The summed E-state index contributed by atoms with van der Waals surface area (Å²) >= 11 is 0. The van der Waals surface area contributed by atoms with Crippen LogP contribution in [0.25, 0.3) is 16.9 Å². The van der Waals surface area contributed by atoms with E-state index in [-0.39, 0.29) is 11.7 Å². The summed E-state index contributed by atoms with van der Waals surface area (Å²) in [5, 5.41) is 2.86. The molecule has 2 aromatic carbocycles. The summed E-state index contributed by atoms with van der Waals surface area (Å²) in [6.45, 7) is 0. The maximum absolute atomic E-state index is 13.4. The van der Waals surface area contributed by atoms with Crippen molar-refractivity contribution in [1.82, 2.24) is 9.38 Å². The molecule has 0 bridgehead atoms.